The summed E-state index contributed by atoms with van der Waals surface area (Å²) in [5.41, 5.74) is 1.90. The smallest absolute Gasteiger partial charge is 0.339 e. The molecule has 3 rings (SSSR count). The summed E-state index contributed by atoms with van der Waals surface area (Å²) in [5.74, 6) is -0.862. The maximum atomic E-state index is 12.6. The third kappa shape index (κ3) is 5.06. The summed E-state index contributed by atoms with van der Waals surface area (Å²) >= 11 is 0. The minimum absolute atomic E-state index is 0.299. The first kappa shape index (κ1) is 18.9. The predicted molar refractivity (Wildman–Crippen MR) is 105 cm³/mol. The van der Waals surface area contributed by atoms with E-state index in [1.807, 2.05) is 6.07 Å². The highest BCUT2D eigenvalue weighted by atomic mass is 16.5. The molecule has 1 aromatic heterocycles. The van der Waals surface area contributed by atoms with Gasteiger partial charge in [-0.15, -0.1) is 0 Å². The fraction of sp³-hybridized carbons (Fsp3) is 0.381. The number of nitrogens with one attached hydrogen (secondary N) is 2. The predicted octanol–water partition coefficient (Wildman–Crippen LogP) is 4.26. The number of carbonyl (C=O) groups excluding carboxylic acids is 2. The molecular formula is C21H25N3O3. The van der Waals surface area contributed by atoms with Crippen molar-refractivity contribution in [1.29, 1.82) is 0 Å². The number of ether oxygens (including phenoxy) is 1. The van der Waals surface area contributed by atoms with E-state index in [-0.39, 0.29) is 5.91 Å². The van der Waals surface area contributed by atoms with Crippen LogP contribution >= 0.6 is 0 Å². The first-order chi connectivity index (χ1) is 13.2. The van der Waals surface area contributed by atoms with Crippen LogP contribution in [0.25, 0.3) is 0 Å². The molecule has 1 saturated carbocycles. The Kier molecular flexibility index (Phi) is 6.41. The molecule has 0 unspecified atom stereocenters. The third-order valence-corrected chi connectivity index (χ3v) is 4.80. The SMILES string of the molecule is COC(=O)c1ccccc1NC(=O)c1cc(NC2CCCCCC2)ccn1. The molecule has 6 nitrogen and oxygen atoms in total. The Morgan fingerprint density at radius 1 is 1.07 bits per heavy atom. The van der Waals surface area contributed by atoms with Crippen molar-refractivity contribution in [2.24, 2.45) is 0 Å². The Balaban J connectivity index is 1.71. The number of methoxy groups -OCH3 is 1. The number of amides is 1. The Hall–Kier alpha value is -2.89. The molecule has 0 spiro atoms. The van der Waals surface area contributed by atoms with Crippen LogP contribution in [0.2, 0.25) is 0 Å². The second-order valence-corrected chi connectivity index (χ2v) is 6.75. The van der Waals surface area contributed by atoms with Gasteiger partial charge >= 0.3 is 5.97 Å². The molecule has 0 radical (unpaired) electrons. The summed E-state index contributed by atoms with van der Waals surface area (Å²) in [6, 6.07) is 10.8. The van der Waals surface area contributed by atoms with Gasteiger partial charge in [0.2, 0.25) is 0 Å². The molecule has 1 amide bonds. The minimum atomic E-state index is -0.498. The van der Waals surface area contributed by atoms with Gasteiger partial charge in [0.1, 0.15) is 5.69 Å². The lowest BCUT2D eigenvalue weighted by atomic mass is 10.1. The fourth-order valence-electron chi connectivity index (χ4n) is 3.37. The topological polar surface area (TPSA) is 80.3 Å². The number of anilines is 2. The van der Waals surface area contributed by atoms with Gasteiger partial charge in [-0.3, -0.25) is 9.78 Å². The summed E-state index contributed by atoms with van der Waals surface area (Å²) < 4.78 is 4.76. The Labute approximate surface area is 159 Å². The normalized spacial score (nSPS) is 14.9. The molecule has 1 heterocycles. The second kappa shape index (κ2) is 9.16. The van der Waals surface area contributed by atoms with E-state index in [1.54, 1.807) is 36.5 Å². The molecule has 1 aliphatic carbocycles. The number of carbonyl (C=O) groups is 2. The van der Waals surface area contributed by atoms with Crippen molar-refractivity contribution in [2.75, 3.05) is 17.7 Å². The average Bonchev–Trinajstić information content (AvgIpc) is 2.96. The van der Waals surface area contributed by atoms with E-state index in [0.717, 1.165) is 18.5 Å². The zero-order chi connectivity index (χ0) is 19.1. The summed E-state index contributed by atoms with van der Waals surface area (Å²) in [6.45, 7) is 0. The molecule has 2 N–H and O–H groups in total. The van der Waals surface area contributed by atoms with Crippen molar-refractivity contribution in [3.05, 3.63) is 53.9 Å². The van der Waals surface area contributed by atoms with Gasteiger partial charge < -0.3 is 15.4 Å². The number of rotatable bonds is 5. The van der Waals surface area contributed by atoms with Crippen molar-refractivity contribution in [1.82, 2.24) is 4.98 Å². The van der Waals surface area contributed by atoms with E-state index in [4.69, 9.17) is 4.74 Å². The molecule has 1 aliphatic rings. The number of hydrogen-bond acceptors (Lipinski definition) is 5. The standard InChI is InChI=1S/C21H25N3O3/c1-27-21(26)17-10-6-7-11-18(17)24-20(25)19-14-16(12-13-22-19)23-15-8-4-2-3-5-9-15/h6-7,10-15H,2-5,8-9H2,1H3,(H,22,23)(H,24,25). The first-order valence-corrected chi connectivity index (χ1v) is 9.38. The van der Waals surface area contributed by atoms with Gasteiger partial charge in [0, 0.05) is 17.9 Å². The monoisotopic (exact) mass is 367 g/mol. The van der Waals surface area contributed by atoms with Crippen LogP contribution in [0.5, 0.6) is 0 Å². The minimum Gasteiger partial charge on any atom is -0.465 e. The molecule has 1 fully saturated rings. The highest BCUT2D eigenvalue weighted by molar-refractivity contribution is 6.07. The zero-order valence-corrected chi connectivity index (χ0v) is 15.5. The Bertz CT molecular complexity index is 799. The van der Waals surface area contributed by atoms with Crippen LogP contribution in [0.4, 0.5) is 11.4 Å². The highest BCUT2D eigenvalue weighted by Gasteiger charge is 2.16. The highest BCUT2D eigenvalue weighted by Crippen LogP contribution is 2.22. The number of esters is 1. The van der Waals surface area contributed by atoms with Gasteiger partial charge in [-0.1, -0.05) is 37.8 Å². The number of aromatic nitrogens is 1. The van der Waals surface area contributed by atoms with E-state index >= 15 is 0 Å². The van der Waals surface area contributed by atoms with Crippen molar-refractivity contribution in [3.63, 3.8) is 0 Å². The van der Waals surface area contributed by atoms with Crippen molar-refractivity contribution >= 4 is 23.3 Å². The number of para-hydroxylation sites is 1. The van der Waals surface area contributed by atoms with Crippen molar-refractivity contribution in [3.8, 4) is 0 Å². The zero-order valence-electron chi connectivity index (χ0n) is 15.5. The summed E-state index contributed by atoms with van der Waals surface area (Å²) in [6.07, 6.45) is 8.98. The van der Waals surface area contributed by atoms with Crippen molar-refractivity contribution in [2.45, 2.75) is 44.6 Å². The molecule has 142 valence electrons. The first-order valence-electron chi connectivity index (χ1n) is 9.38. The van der Waals surface area contributed by atoms with Gasteiger partial charge in [-0.25, -0.2) is 4.79 Å². The van der Waals surface area contributed by atoms with Crippen molar-refractivity contribution < 1.29 is 14.3 Å². The average molecular weight is 367 g/mol. The largest absolute Gasteiger partial charge is 0.465 e. The van der Waals surface area contributed by atoms with Gasteiger partial charge in [-0.05, 0) is 37.1 Å². The molecule has 1 aromatic carbocycles. The van der Waals surface area contributed by atoms with Crippen LogP contribution in [0, 0.1) is 0 Å². The van der Waals surface area contributed by atoms with Crippen LogP contribution in [0.15, 0.2) is 42.6 Å². The molecule has 0 aliphatic heterocycles. The van der Waals surface area contributed by atoms with Gasteiger partial charge in [-0.2, -0.15) is 0 Å². The number of benzene rings is 1. The van der Waals surface area contributed by atoms with E-state index < -0.39 is 5.97 Å². The molecule has 2 aromatic rings. The van der Waals surface area contributed by atoms with Gasteiger partial charge in [0.25, 0.3) is 5.91 Å². The summed E-state index contributed by atoms with van der Waals surface area (Å²) in [4.78, 5) is 28.7. The van der Waals surface area contributed by atoms with Crippen LogP contribution < -0.4 is 10.6 Å². The lowest BCUT2D eigenvalue weighted by Gasteiger charge is -2.18. The second-order valence-electron chi connectivity index (χ2n) is 6.75. The lowest BCUT2D eigenvalue weighted by molar-refractivity contribution is 0.0602. The van der Waals surface area contributed by atoms with E-state index in [0.29, 0.717) is 23.0 Å². The molecule has 0 atom stereocenters. The summed E-state index contributed by atoms with van der Waals surface area (Å²) in [7, 11) is 1.31. The van der Waals surface area contributed by atoms with E-state index in [1.165, 1.54) is 32.8 Å². The molecular weight excluding hydrogens is 342 g/mol. The molecule has 6 heteroatoms. The number of nitrogens with zero attached hydrogens (tertiary/aromatic N) is 1. The fourth-order valence-corrected chi connectivity index (χ4v) is 3.37. The Morgan fingerprint density at radius 2 is 1.81 bits per heavy atom. The number of pyridine rings is 1. The lowest BCUT2D eigenvalue weighted by Crippen LogP contribution is -2.20. The van der Waals surface area contributed by atoms with Gasteiger partial charge in [0.15, 0.2) is 0 Å². The van der Waals surface area contributed by atoms with E-state index in [9.17, 15) is 9.59 Å². The maximum absolute atomic E-state index is 12.6. The van der Waals surface area contributed by atoms with Gasteiger partial charge in [0.05, 0.1) is 18.4 Å². The molecule has 0 bridgehead atoms. The molecule has 27 heavy (non-hydrogen) atoms. The van der Waals surface area contributed by atoms with E-state index in [2.05, 4.69) is 15.6 Å². The third-order valence-electron chi connectivity index (χ3n) is 4.80. The maximum Gasteiger partial charge on any atom is 0.339 e. The quantitative estimate of drug-likeness (QED) is 0.610. The van der Waals surface area contributed by atoms with Crippen LogP contribution in [0.1, 0.15) is 59.4 Å². The van der Waals surface area contributed by atoms with Crippen LogP contribution in [-0.2, 0) is 4.74 Å². The summed E-state index contributed by atoms with van der Waals surface area (Å²) in [5, 5.41) is 6.28. The van der Waals surface area contributed by atoms with Crippen LogP contribution in [-0.4, -0.2) is 30.0 Å². The Morgan fingerprint density at radius 3 is 2.56 bits per heavy atom. The number of hydrogen-bond donors (Lipinski definition) is 2. The molecule has 0 saturated heterocycles. The van der Waals surface area contributed by atoms with Crippen LogP contribution in [0.3, 0.4) is 0 Å².